The van der Waals surface area contributed by atoms with Crippen molar-refractivity contribution in [2.75, 3.05) is 6.54 Å². The van der Waals surface area contributed by atoms with Crippen molar-refractivity contribution in [2.45, 2.75) is 19.4 Å². The van der Waals surface area contributed by atoms with Crippen LogP contribution in [0.3, 0.4) is 0 Å². The van der Waals surface area contributed by atoms with E-state index < -0.39 is 0 Å². The zero-order chi connectivity index (χ0) is 16.8. The summed E-state index contributed by atoms with van der Waals surface area (Å²) in [6.07, 6.45) is 1.86. The van der Waals surface area contributed by atoms with Crippen molar-refractivity contribution in [3.63, 3.8) is 0 Å². The van der Waals surface area contributed by atoms with Crippen LogP contribution < -0.4 is 15.6 Å². The van der Waals surface area contributed by atoms with Gasteiger partial charge in [0.05, 0.1) is 12.1 Å². The number of benzene rings is 1. The number of aromatic nitrogens is 1. The fraction of sp³-hybridized carbons (Fsp3) is 0.294. The molecule has 1 N–H and O–H groups in total. The third kappa shape index (κ3) is 4.67. The summed E-state index contributed by atoms with van der Waals surface area (Å²) in [5.74, 6) is -0.235. The van der Waals surface area contributed by atoms with Gasteiger partial charge < -0.3 is 14.6 Å². The number of ether oxygens (including phenoxy) is 1. The number of nitrogens with zero attached hydrogens (tertiary/aromatic N) is 1. The number of rotatable bonds is 6. The Morgan fingerprint density at radius 3 is 2.78 bits per heavy atom. The highest BCUT2D eigenvalue weighted by molar-refractivity contribution is 5.93. The van der Waals surface area contributed by atoms with E-state index in [0.29, 0.717) is 17.7 Å². The molecule has 6 heteroatoms. The van der Waals surface area contributed by atoms with E-state index in [-0.39, 0.29) is 29.9 Å². The summed E-state index contributed by atoms with van der Waals surface area (Å²) in [4.78, 5) is 23.4. The topological polar surface area (TPSA) is 60.3 Å². The quantitative estimate of drug-likeness (QED) is 0.887. The number of pyridine rings is 1. The molecule has 1 heterocycles. The first-order chi connectivity index (χ1) is 11.0. The molecule has 2 rings (SSSR count). The van der Waals surface area contributed by atoms with E-state index >= 15 is 0 Å². The Labute approximate surface area is 133 Å². The van der Waals surface area contributed by atoms with Crippen LogP contribution in [0.4, 0.5) is 4.39 Å². The molecule has 0 aliphatic carbocycles. The van der Waals surface area contributed by atoms with Crippen LogP contribution in [0.25, 0.3) is 0 Å². The lowest BCUT2D eigenvalue weighted by Gasteiger charge is -2.18. The molecule has 23 heavy (non-hydrogen) atoms. The van der Waals surface area contributed by atoms with Crippen molar-refractivity contribution in [3.8, 4) is 5.75 Å². The Balaban J connectivity index is 1.95. The predicted octanol–water partition coefficient (Wildman–Crippen LogP) is 2.11. The van der Waals surface area contributed by atoms with Crippen LogP contribution in [-0.2, 0) is 7.05 Å². The second-order valence-corrected chi connectivity index (χ2v) is 5.18. The number of carbonyl (C=O) groups is 1. The number of nitrogens with one attached hydrogen (secondary N) is 1. The molecule has 0 fully saturated rings. The van der Waals surface area contributed by atoms with Gasteiger partial charge in [-0.2, -0.15) is 0 Å². The van der Waals surface area contributed by atoms with Crippen LogP contribution in [0, 0.1) is 5.82 Å². The average Bonchev–Trinajstić information content (AvgIpc) is 2.53. The van der Waals surface area contributed by atoms with Gasteiger partial charge in [-0.15, -0.1) is 0 Å². The van der Waals surface area contributed by atoms with Gasteiger partial charge in [-0.25, -0.2) is 4.39 Å². The Bertz CT molecular complexity index is 743. The minimum atomic E-state index is -0.369. The average molecular weight is 318 g/mol. The molecule has 0 bridgehead atoms. The van der Waals surface area contributed by atoms with Gasteiger partial charge in [-0.3, -0.25) is 9.59 Å². The fourth-order valence-electron chi connectivity index (χ4n) is 2.04. The lowest BCUT2D eigenvalue weighted by atomic mass is 10.2. The van der Waals surface area contributed by atoms with Crippen LogP contribution in [-0.4, -0.2) is 23.1 Å². The molecular weight excluding hydrogens is 299 g/mol. The molecule has 1 aromatic carbocycles. The van der Waals surface area contributed by atoms with Crippen LogP contribution >= 0.6 is 0 Å². The summed E-state index contributed by atoms with van der Waals surface area (Å²) < 4.78 is 20.2. The first-order valence-corrected chi connectivity index (χ1v) is 7.36. The molecule has 122 valence electrons. The summed E-state index contributed by atoms with van der Waals surface area (Å²) in [6, 6.07) is 8.70. The molecule has 1 aromatic heterocycles. The molecule has 0 spiro atoms. The van der Waals surface area contributed by atoms with Crippen LogP contribution in [0.2, 0.25) is 0 Å². The smallest absolute Gasteiger partial charge is 0.252 e. The van der Waals surface area contributed by atoms with E-state index in [1.807, 2.05) is 6.92 Å². The molecule has 1 amide bonds. The molecule has 2 aromatic rings. The second-order valence-electron chi connectivity index (χ2n) is 5.18. The zero-order valence-corrected chi connectivity index (χ0v) is 13.1. The number of hydrogen-bond acceptors (Lipinski definition) is 3. The highest BCUT2D eigenvalue weighted by Crippen LogP contribution is 2.14. The Kier molecular flexibility index (Phi) is 5.51. The summed E-state index contributed by atoms with van der Waals surface area (Å²) in [7, 11) is 1.58. The van der Waals surface area contributed by atoms with Crippen molar-refractivity contribution >= 4 is 5.91 Å². The van der Waals surface area contributed by atoms with Crippen molar-refractivity contribution in [2.24, 2.45) is 7.05 Å². The van der Waals surface area contributed by atoms with Gasteiger partial charge in [0.1, 0.15) is 17.7 Å². The molecule has 0 unspecified atom stereocenters. The number of carbonyl (C=O) groups excluding carboxylic acids is 1. The molecule has 5 nitrogen and oxygen atoms in total. The minimum Gasteiger partial charge on any atom is -0.489 e. The highest BCUT2D eigenvalue weighted by atomic mass is 19.1. The SMILES string of the molecule is CC[C@@H](CNC(=O)c1ccc(=O)n(C)c1)Oc1cccc(F)c1. The van der Waals surface area contributed by atoms with Gasteiger partial charge >= 0.3 is 0 Å². The summed E-state index contributed by atoms with van der Waals surface area (Å²) in [5.41, 5.74) is 0.218. The maximum Gasteiger partial charge on any atom is 0.252 e. The highest BCUT2D eigenvalue weighted by Gasteiger charge is 2.12. The molecular formula is C17H19FN2O3. The molecule has 0 saturated heterocycles. The summed E-state index contributed by atoms with van der Waals surface area (Å²) in [5, 5.41) is 2.76. The molecule has 0 saturated carbocycles. The second kappa shape index (κ2) is 7.58. The molecule has 1 atom stereocenters. The van der Waals surface area contributed by atoms with Gasteiger partial charge in [0.2, 0.25) is 5.56 Å². The summed E-state index contributed by atoms with van der Waals surface area (Å²) in [6.45, 7) is 2.21. The number of amides is 1. The number of halogens is 1. The van der Waals surface area contributed by atoms with E-state index in [4.69, 9.17) is 4.74 Å². The first kappa shape index (κ1) is 16.7. The van der Waals surface area contributed by atoms with Crippen molar-refractivity contribution in [1.29, 1.82) is 0 Å². The number of hydrogen-bond donors (Lipinski definition) is 1. The van der Waals surface area contributed by atoms with Gasteiger partial charge in [0.25, 0.3) is 5.91 Å². The van der Waals surface area contributed by atoms with E-state index in [2.05, 4.69) is 5.32 Å². The largest absolute Gasteiger partial charge is 0.489 e. The van der Waals surface area contributed by atoms with Crippen LogP contribution in [0.1, 0.15) is 23.7 Å². The van der Waals surface area contributed by atoms with Crippen LogP contribution in [0.5, 0.6) is 5.75 Å². The standard InChI is InChI=1S/C17H19FN2O3/c1-3-14(23-15-6-4-5-13(18)9-15)10-19-17(22)12-7-8-16(21)20(2)11-12/h4-9,11,14H,3,10H2,1-2H3,(H,19,22)/t14-/m0/s1. The van der Waals surface area contributed by atoms with E-state index in [1.165, 1.54) is 35.0 Å². The maximum absolute atomic E-state index is 13.1. The zero-order valence-electron chi connectivity index (χ0n) is 13.1. The van der Waals surface area contributed by atoms with Gasteiger partial charge in [-0.1, -0.05) is 13.0 Å². The monoisotopic (exact) mass is 318 g/mol. The van der Waals surface area contributed by atoms with E-state index in [1.54, 1.807) is 19.2 Å². The van der Waals surface area contributed by atoms with Crippen molar-refractivity contribution < 1.29 is 13.9 Å². The van der Waals surface area contributed by atoms with E-state index in [9.17, 15) is 14.0 Å². The predicted molar refractivity (Wildman–Crippen MR) is 85.1 cm³/mol. The van der Waals surface area contributed by atoms with Crippen LogP contribution in [0.15, 0.2) is 47.4 Å². The van der Waals surface area contributed by atoms with Gasteiger partial charge in [0.15, 0.2) is 0 Å². The van der Waals surface area contributed by atoms with Crippen molar-refractivity contribution in [1.82, 2.24) is 9.88 Å². The van der Waals surface area contributed by atoms with Gasteiger partial charge in [-0.05, 0) is 24.6 Å². The molecule has 0 aliphatic heterocycles. The Hall–Kier alpha value is -2.63. The normalized spacial score (nSPS) is 11.8. The van der Waals surface area contributed by atoms with Crippen molar-refractivity contribution in [3.05, 3.63) is 64.3 Å². The lowest BCUT2D eigenvalue weighted by molar-refractivity contribution is 0.0925. The summed E-state index contributed by atoms with van der Waals surface area (Å²) >= 11 is 0. The lowest BCUT2D eigenvalue weighted by Crippen LogP contribution is -2.35. The Morgan fingerprint density at radius 2 is 2.13 bits per heavy atom. The third-order valence-electron chi connectivity index (χ3n) is 3.39. The Morgan fingerprint density at radius 1 is 1.35 bits per heavy atom. The molecule has 0 radical (unpaired) electrons. The van der Waals surface area contributed by atoms with Gasteiger partial charge in [0, 0.05) is 25.4 Å². The number of aryl methyl sites for hydroxylation is 1. The minimum absolute atomic E-state index is 0.178. The van der Waals surface area contributed by atoms with E-state index in [0.717, 1.165) is 0 Å². The first-order valence-electron chi connectivity index (χ1n) is 7.36. The maximum atomic E-state index is 13.1. The molecule has 0 aliphatic rings. The third-order valence-corrected chi connectivity index (χ3v) is 3.39. The fourth-order valence-corrected chi connectivity index (χ4v) is 2.04.